The Bertz CT molecular complexity index is 138. The van der Waals surface area contributed by atoms with Gasteiger partial charge in [0.1, 0.15) is 0 Å². The summed E-state index contributed by atoms with van der Waals surface area (Å²) in [6, 6.07) is 0. The lowest BCUT2D eigenvalue weighted by atomic mass is 10.3. The highest BCUT2D eigenvalue weighted by Gasteiger charge is 2.02. The van der Waals surface area contributed by atoms with Gasteiger partial charge >= 0.3 is 0 Å². The van der Waals surface area contributed by atoms with Crippen LogP contribution in [-0.4, -0.2) is 59.1 Å². The normalized spacial score (nSPS) is 12.9. The Hall–Kier alpha value is 0.130. The van der Waals surface area contributed by atoms with Crippen LogP contribution in [0, 0.1) is 0 Å². The average Bonchev–Trinajstić information content (AvgIpc) is 2.27. The van der Waals surface area contributed by atoms with E-state index in [-0.39, 0.29) is 5.38 Å². The zero-order chi connectivity index (χ0) is 12.1. The number of rotatable bonds is 12. The molecule has 0 aromatic carbocycles. The molecule has 0 aromatic heterocycles. The highest BCUT2D eigenvalue weighted by molar-refractivity contribution is 6.20. The zero-order valence-electron chi connectivity index (χ0n) is 10.3. The second kappa shape index (κ2) is 13.2. The van der Waals surface area contributed by atoms with Crippen molar-refractivity contribution >= 4 is 11.6 Å². The molecular weight excluding hydrogens is 230 g/mol. The predicted octanol–water partition coefficient (Wildman–Crippen LogP) is 1.27. The molecule has 0 aliphatic rings. The molecule has 5 heteroatoms. The third kappa shape index (κ3) is 12.2. The number of nitrogens with one attached hydrogen (secondary N) is 1. The number of hydrogen-bond acceptors (Lipinski definition) is 4. The van der Waals surface area contributed by atoms with Crippen molar-refractivity contribution in [1.29, 1.82) is 0 Å². The Morgan fingerprint density at radius 1 is 1.06 bits per heavy atom. The summed E-state index contributed by atoms with van der Waals surface area (Å²) in [6.07, 6.45) is 1.95. The van der Waals surface area contributed by atoms with Gasteiger partial charge in [0.05, 0.1) is 25.2 Å². The van der Waals surface area contributed by atoms with Gasteiger partial charge in [-0.25, -0.2) is 0 Å². The Labute approximate surface area is 104 Å². The van der Waals surface area contributed by atoms with E-state index in [2.05, 4.69) is 5.32 Å². The molecule has 0 saturated heterocycles. The van der Waals surface area contributed by atoms with Gasteiger partial charge in [-0.3, -0.25) is 0 Å². The molecule has 0 spiro atoms. The van der Waals surface area contributed by atoms with E-state index in [4.69, 9.17) is 25.8 Å². The third-order valence-corrected chi connectivity index (χ3v) is 2.40. The van der Waals surface area contributed by atoms with Crippen LogP contribution in [0.15, 0.2) is 0 Å². The number of hydrogen-bond donors (Lipinski definition) is 1. The first kappa shape index (κ1) is 16.1. The van der Waals surface area contributed by atoms with Gasteiger partial charge < -0.3 is 19.5 Å². The van der Waals surface area contributed by atoms with Gasteiger partial charge in [0.25, 0.3) is 0 Å². The summed E-state index contributed by atoms with van der Waals surface area (Å²) in [4.78, 5) is 0. The molecular formula is C11H24ClNO3. The summed E-state index contributed by atoms with van der Waals surface area (Å²) in [5, 5.41) is 3.42. The van der Waals surface area contributed by atoms with Crippen LogP contribution in [0.5, 0.6) is 0 Å². The predicted molar refractivity (Wildman–Crippen MR) is 66.3 cm³/mol. The van der Waals surface area contributed by atoms with Crippen LogP contribution in [0.2, 0.25) is 0 Å². The second-order valence-corrected chi connectivity index (χ2v) is 4.17. The molecule has 0 radical (unpaired) electrons. The molecule has 0 rings (SSSR count). The molecule has 0 saturated carbocycles. The Kier molecular flexibility index (Phi) is 13.3. The van der Waals surface area contributed by atoms with E-state index in [9.17, 15) is 0 Å². The lowest BCUT2D eigenvalue weighted by molar-refractivity contribution is 0.0695. The number of ether oxygens (including phenoxy) is 3. The van der Waals surface area contributed by atoms with Crippen molar-refractivity contribution in [3.63, 3.8) is 0 Å². The summed E-state index contributed by atoms with van der Waals surface area (Å²) >= 11 is 5.97. The van der Waals surface area contributed by atoms with Crippen LogP contribution in [0.4, 0.5) is 0 Å². The molecule has 98 valence electrons. The Balaban J connectivity index is 2.98. The first-order chi connectivity index (χ1) is 7.81. The third-order valence-electron chi connectivity index (χ3n) is 2.06. The summed E-state index contributed by atoms with van der Waals surface area (Å²) in [5.74, 6) is 0. The first-order valence-electron chi connectivity index (χ1n) is 5.71. The largest absolute Gasteiger partial charge is 0.383 e. The molecule has 0 fully saturated rings. The van der Waals surface area contributed by atoms with Crippen molar-refractivity contribution < 1.29 is 14.2 Å². The molecule has 0 aromatic rings. The molecule has 16 heavy (non-hydrogen) atoms. The smallest absolute Gasteiger partial charge is 0.0700 e. The van der Waals surface area contributed by atoms with E-state index in [0.717, 1.165) is 32.5 Å². The fourth-order valence-corrected chi connectivity index (χ4v) is 1.43. The number of methoxy groups -OCH3 is 2. The first-order valence-corrected chi connectivity index (χ1v) is 6.15. The van der Waals surface area contributed by atoms with Gasteiger partial charge in [0, 0.05) is 20.8 Å². The van der Waals surface area contributed by atoms with Crippen LogP contribution in [0.1, 0.15) is 12.8 Å². The van der Waals surface area contributed by atoms with Gasteiger partial charge in [-0.05, 0) is 25.9 Å². The molecule has 0 amide bonds. The van der Waals surface area contributed by atoms with Crippen molar-refractivity contribution in [1.82, 2.24) is 5.32 Å². The van der Waals surface area contributed by atoms with Crippen LogP contribution < -0.4 is 5.32 Å². The number of halogens is 1. The van der Waals surface area contributed by atoms with Crippen molar-refractivity contribution in [2.24, 2.45) is 0 Å². The molecule has 0 aliphatic heterocycles. The van der Waals surface area contributed by atoms with E-state index < -0.39 is 0 Å². The summed E-state index contributed by atoms with van der Waals surface area (Å²) in [5.41, 5.74) is 0. The van der Waals surface area contributed by atoms with Crippen molar-refractivity contribution in [2.45, 2.75) is 18.2 Å². The van der Waals surface area contributed by atoms with Gasteiger partial charge in [0.15, 0.2) is 0 Å². The summed E-state index contributed by atoms with van der Waals surface area (Å²) < 4.78 is 15.1. The van der Waals surface area contributed by atoms with Crippen LogP contribution in [0.3, 0.4) is 0 Å². The SMILES string of the molecule is COCCOCCCNCCC(Cl)COC. The van der Waals surface area contributed by atoms with Gasteiger partial charge in [-0.2, -0.15) is 0 Å². The van der Waals surface area contributed by atoms with E-state index >= 15 is 0 Å². The fourth-order valence-electron chi connectivity index (χ4n) is 1.19. The van der Waals surface area contributed by atoms with Gasteiger partial charge in [0.2, 0.25) is 0 Å². The van der Waals surface area contributed by atoms with E-state index in [1.807, 2.05) is 0 Å². The highest BCUT2D eigenvalue weighted by atomic mass is 35.5. The summed E-state index contributed by atoms with van der Waals surface area (Å²) in [7, 11) is 3.34. The Morgan fingerprint density at radius 3 is 2.56 bits per heavy atom. The Morgan fingerprint density at radius 2 is 1.88 bits per heavy atom. The molecule has 0 aliphatic carbocycles. The van der Waals surface area contributed by atoms with E-state index in [1.54, 1.807) is 14.2 Å². The van der Waals surface area contributed by atoms with Gasteiger partial charge in [-0.1, -0.05) is 0 Å². The molecule has 1 atom stereocenters. The molecule has 0 heterocycles. The monoisotopic (exact) mass is 253 g/mol. The van der Waals surface area contributed by atoms with Crippen molar-refractivity contribution in [3.8, 4) is 0 Å². The average molecular weight is 254 g/mol. The molecule has 0 bridgehead atoms. The molecule has 1 unspecified atom stereocenters. The topological polar surface area (TPSA) is 39.7 Å². The van der Waals surface area contributed by atoms with E-state index in [1.165, 1.54) is 0 Å². The van der Waals surface area contributed by atoms with Crippen LogP contribution in [0.25, 0.3) is 0 Å². The maximum atomic E-state index is 5.97. The van der Waals surface area contributed by atoms with Gasteiger partial charge in [-0.15, -0.1) is 11.6 Å². The van der Waals surface area contributed by atoms with Crippen LogP contribution in [-0.2, 0) is 14.2 Å². The minimum Gasteiger partial charge on any atom is -0.383 e. The van der Waals surface area contributed by atoms with Crippen LogP contribution >= 0.6 is 11.6 Å². The van der Waals surface area contributed by atoms with E-state index in [0.29, 0.717) is 19.8 Å². The number of alkyl halides is 1. The fraction of sp³-hybridized carbons (Fsp3) is 1.00. The maximum absolute atomic E-state index is 5.97. The molecule has 4 nitrogen and oxygen atoms in total. The summed E-state index contributed by atoms with van der Waals surface area (Å²) in [6.45, 7) is 4.62. The maximum Gasteiger partial charge on any atom is 0.0700 e. The lowest BCUT2D eigenvalue weighted by Crippen LogP contribution is -2.22. The quantitative estimate of drug-likeness (QED) is 0.420. The van der Waals surface area contributed by atoms with Crippen molar-refractivity contribution in [3.05, 3.63) is 0 Å². The molecule has 1 N–H and O–H groups in total. The minimum atomic E-state index is 0.107. The standard InChI is InChI=1S/C11H24ClNO3/c1-14-8-9-16-7-3-5-13-6-4-11(12)10-15-2/h11,13H,3-10H2,1-2H3. The highest BCUT2D eigenvalue weighted by Crippen LogP contribution is 2.00. The zero-order valence-corrected chi connectivity index (χ0v) is 11.1. The second-order valence-electron chi connectivity index (χ2n) is 3.55. The lowest BCUT2D eigenvalue weighted by Gasteiger charge is -2.09. The minimum absolute atomic E-state index is 0.107. The van der Waals surface area contributed by atoms with Crippen molar-refractivity contribution in [2.75, 3.05) is 53.7 Å².